The number of carbonyl (C=O) groups is 1. The molecule has 0 saturated heterocycles. The van der Waals surface area contributed by atoms with Gasteiger partial charge < -0.3 is 5.11 Å². The normalized spacial score (nSPS) is 15.0. The zero-order chi connectivity index (χ0) is 16.1. The van der Waals surface area contributed by atoms with E-state index in [9.17, 15) is 4.79 Å². The summed E-state index contributed by atoms with van der Waals surface area (Å²) in [5.41, 5.74) is 1.42. The topological polar surface area (TPSA) is 61.1 Å². The minimum Gasteiger partial charge on any atom is -0.481 e. The molecule has 0 heterocycles. The molecule has 1 N–H and O–H groups in total. The van der Waals surface area contributed by atoms with Crippen molar-refractivity contribution in [1.82, 2.24) is 0 Å². The second kappa shape index (κ2) is 12.5. The van der Waals surface area contributed by atoms with Gasteiger partial charge in [0.05, 0.1) is 5.92 Å². The number of aliphatic carboxylic acids is 1. The molecule has 0 aromatic heterocycles. The van der Waals surface area contributed by atoms with Gasteiger partial charge in [-0.15, -0.1) is 0 Å². The van der Waals surface area contributed by atoms with Crippen molar-refractivity contribution in [2.24, 2.45) is 5.92 Å². The average Bonchev–Trinajstić information content (AvgIpc) is 2.51. The molecule has 1 rings (SSSR count). The van der Waals surface area contributed by atoms with Crippen LogP contribution in [0.5, 0.6) is 0 Å². The van der Waals surface area contributed by atoms with Crippen LogP contribution < -0.4 is 0 Å². The van der Waals surface area contributed by atoms with Gasteiger partial charge in [-0.2, -0.15) is 5.26 Å². The van der Waals surface area contributed by atoms with E-state index in [4.69, 9.17) is 10.4 Å². The minimum absolute atomic E-state index is 0.182. The van der Waals surface area contributed by atoms with Gasteiger partial charge in [0.2, 0.25) is 0 Å². The third-order valence-corrected chi connectivity index (χ3v) is 4.21. The molecule has 0 spiro atoms. The fourth-order valence-electron chi connectivity index (χ4n) is 2.26. The summed E-state index contributed by atoms with van der Waals surface area (Å²) >= 11 is 1.25. The minimum atomic E-state index is -0.666. The highest BCUT2D eigenvalue weighted by molar-refractivity contribution is 8.07. The smallest absolute Gasteiger partial charge is 0.306 e. The van der Waals surface area contributed by atoms with Crippen LogP contribution in [0.3, 0.4) is 0 Å². The third-order valence-electron chi connectivity index (χ3n) is 3.52. The second-order valence-corrected chi connectivity index (χ2v) is 5.75. The van der Waals surface area contributed by atoms with E-state index >= 15 is 0 Å². The Hall–Kier alpha value is -1.21. The van der Waals surface area contributed by atoms with E-state index in [1.807, 2.05) is 26.8 Å². The summed E-state index contributed by atoms with van der Waals surface area (Å²) in [4.78, 5) is 12.0. The Morgan fingerprint density at radius 3 is 2.57 bits per heavy atom. The van der Waals surface area contributed by atoms with Gasteiger partial charge in [0, 0.05) is 4.91 Å². The van der Waals surface area contributed by atoms with Crippen LogP contribution in [0.15, 0.2) is 22.6 Å². The van der Waals surface area contributed by atoms with E-state index in [0.717, 1.165) is 49.9 Å². The molecule has 0 radical (unpaired) electrons. The number of unbranched alkanes of at least 4 members (excludes halogenated alkanes) is 1. The SMILES string of the molecule is CC.CCC(CCCCC1=CC=C(SC#N)CC1)C(=O)O. The van der Waals surface area contributed by atoms with Crippen molar-refractivity contribution >= 4 is 17.7 Å². The maximum absolute atomic E-state index is 10.9. The summed E-state index contributed by atoms with van der Waals surface area (Å²) < 4.78 is 0. The lowest BCUT2D eigenvalue weighted by Crippen LogP contribution is -2.12. The van der Waals surface area contributed by atoms with Crippen molar-refractivity contribution in [3.63, 3.8) is 0 Å². The number of nitrogens with zero attached hydrogens (tertiary/aromatic N) is 1. The molecule has 1 atom stereocenters. The fourth-order valence-corrected chi connectivity index (χ4v) is 2.72. The molecule has 3 nitrogen and oxygen atoms in total. The lowest BCUT2D eigenvalue weighted by atomic mass is 9.95. The van der Waals surface area contributed by atoms with Crippen LogP contribution in [0.4, 0.5) is 0 Å². The first-order valence-electron chi connectivity index (χ1n) is 7.84. The highest BCUT2D eigenvalue weighted by Crippen LogP contribution is 2.29. The Morgan fingerprint density at radius 1 is 1.38 bits per heavy atom. The zero-order valence-electron chi connectivity index (χ0n) is 13.4. The summed E-state index contributed by atoms with van der Waals surface area (Å²) in [7, 11) is 0. The third kappa shape index (κ3) is 8.62. The Balaban J connectivity index is 0.00000191. The molecule has 0 fully saturated rings. The summed E-state index contributed by atoms with van der Waals surface area (Å²) in [5.74, 6) is -0.848. The second-order valence-electron chi connectivity index (χ2n) is 4.84. The Morgan fingerprint density at radius 2 is 2.10 bits per heavy atom. The molecule has 1 aliphatic carbocycles. The van der Waals surface area contributed by atoms with Crippen LogP contribution in [0.2, 0.25) is 0 Å². The van der Waals surface area contributed by atoms with Crippen LogP contribution in [-0.2, 0) is 4.79 Å². The summed E-state index contributed by atoms with van der Waals surface area (Å²) in [6.45, 7) is 5.93. The number of carboxylic acids is 1. The van der Waals surface area contributed by atoms with Gasteiger partial charge in [0.25, 0.3) is 0 Å². The van der Waals surface area contributed by atoms with Crippen LogP contribution in [0.1, 0.15) is 65.7 Å². The van der Waals surface area contributed by atoms with E-state index < -0.39 is 5.97 Å². The van der Waals surface area contributed by atoms with E-state index in [-0.39, 0.29) is 5.92 Å². The molecule has 0 aliphatic heterocycles. The molecule has 21 heavy (non-hydrogen) atoms. The number of rotatable bonds is 8. The molecule has 0 bridgehead atoms. The van der Waals surface area contributed by atoms with Crippen LogP contribution in [0, 0.1) is 16.6 Å². The van der Waals surface area contributed by atoms with E-state index in [0.29, 0.717) is 0 Å². The van der Waals surface area contributed by atoms with Gasteiger partial charge in [-0.05, 0) is 50.3 Å². The first-order valence-corrected chi connectivity index (χ1v) is 8.66. The van der Waals surface area contributed by atoms with Crippen molar-refractivity contribution in [2.75, 3.05) is 0 Å². The molecule has 1 unspecified atom stereocenters. The maximum atomic E-state index is 10.9. The number of carboxylic acid groups (broad SMARTS) is 1. The monoisotopic (exact) mass is 309 g/mol. The number of thioether (sulfide) groups is 1. The summed E-state index contributed by atoms with van der Waals surface area (Å²) in [5, 5.41) is 19.6. The lowest BCUT2D eigenvalue weighted by Gasteiger charge is -2.13. The standard InChI is InChI=1S/C15H21NO2S.C2H6/c1-2-13(15(17)18)6-4-3-5-12-7-9-14(10-8-12)19-11-16;1-2/h7,9,13H,2-6,8,10H2,1H3,(H,17,18);1-2H3. The highest BCUT2D eigenvalue weighted by Gasteiger charge is 2.14. The highest BCUT2D eigenvalue weighted by atomic mass is 32.2. The molecule has 118 valence electrons. The molecular weight excluding hydrogens is 282 g/mol. The number of thiocyanates is 1. The van der Waals surface area contributed by atoms with Crippen molar-refractivity contribution in [3.05, 3.63) is 22.6 Å². The number of hydrogen-bond acceptors (Lipinski definition) is 3. The van der Waals surface area contributed by atoms with Gasteiger partial charge in [0.15, 0.2) is 0 Å². The molecule has 1 aliphatic rings. The number of nitriles is 1. The molecule has 0 aromatic carbocycles. The van der Waals surface area contributed by atoms with Crippen LogP contribution in [0.25, 0.3) is 0 Å². The Bertz CT molecular complexity index is 408. The van der Waals surface area contributed by atoms with Gasteiger partial charge >= 0.3 is 5.97 Å². The predicted octanol–water partition coefficient (Wildman–Crippen LogP) is 5.50. The summed E-state index contributed by atoms with van der Waals surface area (Å²) in [6.07, 6.45) is 10.8. The van der Waals surface area contributed by atoms with Crippen molar-refractivity contribution in [2.45, 2.75) is 65.7 Å². The van der Waals surface area contributed by atoms with Crippen molar-refractivity contribution < 1.29 is 9.90 Å². The van der Waals surface area contributed by atoms with Gasteiger partial charge in [-0.1, -0.05) is 44.9 Å². The first-order chi connectivity index (χ1) is 10.2. The van der Waals surface area contributed by atoms with E-state index in [2.05, 4.69) is 11.5 Å². The summed E-state index contributed by atoms with van der Waals surface area (Å²) in [6, 6.07) is 0. The molecule has 0 saturated carbocycles. The van der Waals surface area contributed by atoms with Gasteiger partial charge in [-0.25, -0.2) is 0 Å². The van der Waals surface area contributed by atoms with Crippen LogP contribution in [-0.4, -0.2) is 11.1 Å². The van der Waals surface area contributed by atoms with E-state index in [1.54, 1.807) is 0 Å². The molecule has 0 aromatic rings. The first kappa shape index (κ1) is 19.8. The molecule has 4 heteroatoms. The zero-order valence-corrected chi connectivity index (χ0v) is 14.2. The lowest BCUT2D eigenvalue weighted by molar-refractivity contribution is -0.142. The van der Waals surface area contributed by atoms with Crippen LogP contribution >= 0.6 is 11.8 Å². The van der Waals surface area contributed by atoms with Crippen molar-refractivity contribution in [1.29, 1.82) is 5.26 Å². The van der Waals surface area contributed by atoms with Gasteiger partial charge in [0.1, 0.15) is 5.40 Å². The fraction of sp³-hybridized carbons (Fsp3) is 0.647. The number of allylic oxidation sites excluding steroid dienone is 4. The Labute approximate surface area is 133 Å². The average molecular weight is 309 g/mol. The quantitative estimate of drug-likeness (QED) is 0.475. The van der Waals surface area contributed by atoms with E-state index in [1.165, 1.54) is 17.3 Å². The maximum Gasteiger partial charge on any atom is 0.306 e. The van der Waals surface area contributed by atoms with Gasteiger partial charge in [-0.3, -0.25) is 4.79 Å². The molecular formula is C17H27NO2S. The Kier molecular flexibility index (Phi) is 11.8. The largest absolute Gasteiger partial charge is 0.481 e. The van der Waals surface area contributed by atoms with Crippen molar-refractivity contribution in [3.8, 4) is 5.40 Å². The molecule has 0 amide bonds. The predicted molar refractivity (Wildman–Crippen MR) is 89.8 cm³/mol. The number of hydrogen-bond donors (Lipinski definition) is 1.